The molecule has 0 bridgehead atoms. The van der Waals surface area contributed by atoms with Crippen LogP contribution in [0.25, 0.3) is 0 Å². The number of aromatic nitrogens is 2. The molecule has 0 spiro atoms. The van der Waals surface area contributed by atoms with Gasteiger partial charge in [0.1, 0.15) is 5.60 Å². The van der Waals surface area contributed by atoms with Gasteiger partial charge in [0, 0.05) is 18.9 Å². The molecule has 0 aromatic carbocycles. The van der Waals surface area contributed by atoms with Crippen LogP contribution < -0.4 is 0 Å². The lowest BCUT2D eigenvalue weighted by Gasteiger charge is -2.24. The lowest BCUT2D eigenvalue weighted by molar-refractivity contribution is 0.0270. The van der Waals surface area contributed by atoms with E-state index < -0.39 is 11.7 Å². The molecule has 2 heterocycles. The second-order valence-corrected chi connectivity index (χ2v) is 5.53. The van der Waals surface area contributed by atoms with Crippen LogP contribution in [0.2, 0.25) is 0 Å². The number of imidazole rings is 1. The molecule has 1 aromatic rings. The Labute approximate surface area is 106 Å². The number of rotatable bonds is 1. The first-order valence-corrected chi connectivity index (χ1v) is 6.00. The van der Waals surface area contributed by atoms with Crippen molar-refractivity contribution in [2.45, 2.75) is 38.5 Å². The Kier molecular flexibility index (Phi) is 3.30. The summed E-state index contributed by atoms with van der Waals surface area (Å²) in [5.41, 5.74) is -0.519. The fourth-order valence-electron chi connectivity index (χ4n) is 2.00. The van der Waals surface area contributed by atoms with E-state index in [1.807, 2.05) is 25.3 Å². The number of aliphatic hydroxyl groups is 1. The van der Waals surface area contributed by atoms with Crippen molar-refractivity contribution in [3.63, 3.8) is 0 Å². The quantitative estimate of drug-likeness (QED) is 0.812. The first kappa shape index (κ1) is 12.9. The summed E-state index contributed by atoms with van der Waals surface area (Å²) in [6.07, 6.45) is 4.11. The zero-order valence-electron chi connectivity index (χ0n) is 10.9. The van der Waals surface area contributed by atoms with Crippen molar-refractivity contribution in [2.75, 3.05) is 13.1 Å². The third-order valence-corrected chi connectivity index (χ3v) is 2.82. The molecule has 2 rings (SSSR count). The predicted octanol–water partition coefficient (Wildman–Crippen LogP) is 1.04. The van der Waals surface area contributed by atoms with Crippen molar-refractivity contribution in [2.24, 2.45) is 0 Å². The van der Waals surface area contributed by atoms with Crippen LogP contribution in [0.1, 0.15) is 26.8 Å². The fraction of sp³-hybridized carbons (Fsp3) is 0.667. The number of β-amino-alcohol motifs (C(OH)–C–C–N with tert-alkyl or cyclic N) is 1. The van der Waals surface area contributed by atoms with Gasteiger partial charge >= 0.3 is 6.09 Å². The first-order valence-electron chi connectivity index (χ1n) is 6.00. The Hall–Kier alpha value is -1.56. The average molecular weight is 253 g/mol. The molecular weight excluding hydrogens is 234 g/mol. The zero-order chi connectivity index (χ0) is 13.3. The number of carbonyl (C=O) groups excluding carboxylic acids is 1. The Morgan fingerprint density at radius 2 is 2.17 bits per heavy atom. The van der Waals surface area contributed by atoms with E-state index in [1.54, 1.807) is 18.7 Å². The molecule has 2 atom stereocenters. The minimum absolute atomic E-state index is 0.153. The minimum Gasteiger partial charge on any atom is -0.444 e. The second-order valence-electron chi connectivity index (χ2n) is 5.53. The van der Waals surface area contributed by atoms with Gasteiger partial charge in [0.15, 0.2) is 0 Å². The van der Waals surface area contributed by atoms with Crippen molar-refractivity contribution >= 4 is 6.09 Å². The minimum atomic E-state index is -0.591. The molecule has 1 aliphatic heterocycles. The summed E-state index contributed by atoms with van der Waals surface area (Å²) in [6.45, 7) is 6.20. The normalized spacial score (nSPS) is 24.3. The van der Waals surface area contributed by atoms with Gasteiger partial charge in [-0.05, 0) is 20.8 Å². The summed E-state index contributed by atoms with van der Waals surface area (Å²) >= 11 is 0. The number of likely N-dealkylation sites (tertiary alicyclic amines) is 1. The van der Waals surface area contributed by atoms with Gasteiger partial charge in [-0.15, -0.1) is 0 Å². The van der Waals surface area contributed by atoms with Gasteiger partial charge in [0.05, 0.1) is 25.0 Å². The van der Waals surface area contributed by atoms with Crippen LogP contribution in [0, 0.1) is 0 Å². The van der Waals surface area contributed by atoms with Crippen molar-refractivity contribution < 1.29 is 14.6 Å². The lowest BCUT2D eigenvalue weighted by atomic mass is 10.2. The summed E-state index contributed by atoms with van der Waals surface area (Å²) in [7, 11) is 0. The molecule has 0 saturated carbocycles. The number of aliphatic hydroxyl groups excluding tert-OH is 1. The maximum Gasteiger partial charge on any atom is 0.410 e. The molecule has 1 aromatic heterocycles. The zero-order valence-corrected chi connectivity index (χ0v) is 10.9. The van der Waals surface area contributed by atoms with Gasteiger partial charge in [-0.25, -0.2) is 9.78 Å². The van der Waals surface area contributed by atoms with E-state index in [0.717, 1.165) is 0 Å². The average Bonchev–Trinajstić information content (AvgIpc) is 2.82. The van der Waals surface area contributed by atoms with E-state index in [-0.39, 0.29) is 18.7 Å². The molecule has 6 nitrogen and oxygen atoms in total. The van der Waals surface area contributed by atoms with E-state index in [0.29, 0.717) is 6.54 Å². The molecule has 0 radical (unpaired) electrons. The molecule has 0 aliphatic carbocycles. The van der Waals surface area contributed by atoms with E-state index in [9.17, 15) is 9.90 Å². The Morgan fingerprint density at radius 3 is 2.72 bits per heavy atom. The Bertz CT molecular complexity index is 411. The van der Waals surface area contributed by atoms with Gasteiger partial charge in [-0.2, -0.15) is 0 Å². The topological polar surface area (TPSA) is 67.6 Å². The standard InChI is InChI=1S/C12H19N3O3/c1-12(2,3)18-11(17)15-6-9(10(16)7-15)14-5-4-13-8-14/h4-5,8-10,16H,6-7H2,1-3H3/t9?,10-/m1/s1. The summed E-state index contributed by atoms with van der Waals surface area (Å²) < 4.78 is 7.10. The van der Waals surface area contributed by atoms with E-state index in [2.05, 4.69) is 4.98 Å². The third-order valence-electron chi connectivity index (χ3n) is 2.82. The van der Waals surface area contributed by atoms with Crippen molar-refractivity contribution in [1.29, 1.82) is 0 Å². The van der Waals surface area contributed by atoms with Gasteiger partial charge in [0.25, 0.3) is 0 Å². The highest BCUT2D eigenvalue weighted by molar-refractivity contribution is 5.68. The SMILES string of the molecule is CC(C)(C)OC(=O)N1CC(n2ccnc2)[C@H](O)C1. The number of ether oxygens (including phenoxy) is 1. The monoisotopic (exact) mass is 253 g/mol. The second kappa shape index (κ2) is 4.61. The van der Waals surface area contributed by atoms with Crippen LogP contribution in [-0.4, -0.2) is 50.4 Å². The summed E-state index contributed by atoms with van der Waals surface area (Å²) in [5.74, 6) is 0. The molecule has 6 heteroatoms. The molecule has 1 N–H and O–H groups in total. The van der Waals surface area contributed by atoms with Crippen LogP contribution in [0.15, 0.2) is 18.7 Å². The smallest absolute Gasteiger partial charge is 0.410 e. The molecule has 1 amide bonds. The van der Waals surface area contributed by atoms with Crippen LogP contribution >= 0.6 is 0 Å². The van der Waals surface area contributed by atoms with Crippen molar-refractivity contribution in [3.8, 4) is 0 Å². The number of amides is 1. The van der Waals surface area contributed by atoms with E-state index in [4.69, 9.17) is 4.74 Å². The first-order chi connectivity index (χ1) is 8.37. The number of carbonyl (C=O) groups is 1. The molecule has 1 fully saturated rings. The molecule has 100 valence electrons. The molecular formula is C12H19N3O3. The van der Waals surface area contributed by atoms with Crippen molar-refractivity contribution in [3.05, 3.63) is 18.7 Å². The molecule has 1 saturated heterocycles. The van der Waals surface area contributed by atoms with Crippen LogP contribution in [0.3, 0.4) is 0 Å². The van der Waals surface area contributed by atoms with Gasteiger partial charge < -0.3 is 19.3 Å². The molecule has 1 aliphatic rings. The maximum absolute atomic E-state index is 11.9. The number of hydrogen-bond acceptors (Lipinski definition) is 4. The van der Waals surface area contributed by atoms with Crippen LogP contribution in [-0.2, 0) is 4.74 Å². The summed E-state index contributed by atoms with van der Waals surface area (Å²) in [4.78, 5) is 17.4. The summed E-state index contributed by atoms with van der Waals surface area (Å²) in [5, 5.41) is 9.98. The Morgan fingerprint density at radius 1 is 1.44 bits per heavy atom. The predicted molar refractivity (Wildman–Crippen MR) is 65.1 cm³/mol. The molecule has 1 unspecified atom stereocenters. The Balaban J connectivity index is 2.00. The van der Waals surface area contributed by atoms with Crippen molar-refractivity contribution in [1.82, 2.24) is 14.5 Å². The maximum atomic E-state index is 11.9. The van der Waals surface area contributed by atoms with Gasteiger partial charge in [0.2, 0.25) is 0 Å². The largest absolute Gasteiger partial charge is 0.444 e. The highest BCUT2D eigenvalue weighted by Crippen LogP contribution is 2.23. The fourth-order valence-corrected chi connectivity index (χ4v) is 2.00. The van der Waals surface area contributed by atoms with Crippen LogP contribution in [0.5, 0.6) is 0 Å². The van der Waals surface area contributed by atoms with Gasteiger partial charge in [-0.1, -0.05) is 0 Å². The number of nitrogens with zero attached hydrogens (tertiary/aromatic N) is 3. The molecule has 18 heavy (non-hydrogen) atoms. The number of hydrogen-bond donors (Lipinski definition) is 1. The van der Waals surface area contributed by atoms with E-state index >= 15 is 0 Å². The lowest BCUT2D eigenvalue weighted by Crippen LogP contribution is -2.35. The third kappa shape index (κ3) is 2.81. The van der Waals surface area contributed by atoms with Gasteiger partial charge in [-0.3, -0.25) is 0 Å². The highest BCUT2D eigenvalue weighted by Gasteiger charge is 2.36. The highest BCUT2D eigenvalue weighted by atomic mass is 16.6. The van der Waals surface area contributed by atoms with E-state index in [1.165, 1.54) is 4.90 Å². The summed E-state index contributed by atoms with van der Waals surface area (Å²) in [6, 6.07) is -0.153. The van der Waals surface area contributed by atoms with Crippen LogP contribution in [0.4, 0.5) is 4.79 Å².